The molecule has 8 nitrogen and oxygen atoms in total. The van der Waals surface area contributed by atoms with Crippen LogP contribution in [0.4, 0.5) is 10.5 Å². The molecular formula is C20H21N3O5. The second kappa shape index (κ2) is 7.12. The Bertz CT molecular complexity index is 895. The zero-order valence-corrected chi connectivity index (χ0v) is 15.3. The molecule has 3 aliphatic rings. The summed E-state index contributed by atoms with van der Waals surface area (Å²) in [5.41, 5.74) is 1.89. The van der Waals surface area contributed by atoms with Gasteiger partial charge in [0.15, 0.2) is 23.0 Å². The lowest BCUT2D eigenvalue weighted by Crippen LogP contribution is -2.49. The summed E-state index contributed by atoms with van der Waals surface area (Å²) in [6.07, 6.45) is 0. The third-order valence-corrected chi connectivity index (χ3v) is 5.13. The molecule has 3 aliphatic heterocycles. The quantitative estimate of drug-likeness (QED) is 0.878. The molecule has 0 aliphatic carbocycles. The van der Waals surface area contributed by atoms with E-state index in [-0.39, 0.29) is 19.6 Å². The summed E-state index contributed by atoms with van der Waals surface area (Å²) in [4.78, 5) is 16.7. The van der Waals surface area contributed by atoms with E-state index in [1.807, 2.05) is 23.1 Å². The number of nitrogens with zero attached hydrogens (tertiary/aromatic N) is 2. The maximum atomic E-state index is 12.6. The van der Waals surface area contributed by atoms with E-state index in [0.29, 0.717) is 30.3 Å². The molecule has 0 atom stereocenters. The highest BCUT2D eigenvalue weighted by atomic mass is 16.7. The Labute approximate surface area is 162 Å². The van der Waals surface area contributed by atoms with E-state index in [1.54, 1.807) is 12.1 Å². The van der Waals surface area contributed by atoms with Crippen LogP contribution in [0.25, 0.3) is 0 Å². The number of hydrogen-bond acceptors (Lipinski definition) is 6. The van der Waals surface area contributed by atoms with Gasteiger partial charge in [-0.15, -0.1) is 0 Å². The fourth-order valence-corrected chi connectivity index (χ4v) is 3.58. The van der Waals surface area contributed by atoms with E-state index < -0.39 is 0 Å². The van der Waals surface area contributed by atoms with Crippen molar-refractivity contribution in [3.05, 3.63) is 42.0 Å². The van der Waals surface area contributed by atoms with E-state index in [1.165, 1.54) is 5.56 Å². The first kappa shape index (κ1) is 17.0. The molecule has 146 valence electrons. The van der Waals surface area contributed by atoms with Gasteiger partial charge < -0.3 is 29.2 Å². The Kier molecular flexibility index (Phi) is 4.32. The van der Waals surface area contributed by atoms with E-state index in [0.717, 1.165) is 31.1 Å². The number of hydrogen-bond donors (Lipinski definition) is 1. The normalized spacial score (nSPS) is 17.6. The average Bonchev–Trinajstić information content (AvgIpc) is 3.36. The number of amides is 2. The molecule has 2 amide bonds. The molecule has 1 fully saturated rings. The molecule has 28 heavy (non-hydrogen) atoms. The number of ether oxygens (including phenoxy) is 4. The topological polar surface area (TPSA) is 72.5 Å². The maximum absolute atomic E-state index is 12.6. The minimum Gasteiger partial charge on any atom is -0.454 e. The number of piperazine rings is 1. The van der Waals surface area contributed by atoms with Gasteiger partial charge in [-0.3, -0.25) is 4.90 Å². The smallest absolute Gasteiger partial charge is 0.321 e. The molecule has 2 aromatic carbocycles. The minimum atomic E-state index is -0.0957. The number of benzene rings is 2. The molecule has 1 N–H and O–H groups in total. The molecule has 8 heteroatoms. The lowest BCUT2D eigenvalue weighted by molar-refractivity contribution is 0.143. The van der Waals surface area contributed by atoms with Crippen LogP contribution in [-0.4, -0.2) is 55.6 Å². The van der Waals surface area contributed by atoms with Gasteiger partial charge in [0, 0.05) is 44.5 Å². The summed E-state index contributed by atoms with van der Waals surface area (Å²) in [5.74, 6) is 2.97. The molecule has 3 heterocycles. The van der Waals surface area contributed by atoms with Crippen LogP contribution in [0, 0.1) is 0 Å². The fourth-order valence-electron chi connectivity index (χ4n) is 3.58. The van der Waals surface area contributed by atoms with Crippen molar-refractivity contribution in [3.8, 4) is 23.0 Å². The van der Waals surface area contributed by atoms with Crippen LogP contribution in [0.5, 0.6) is 23.0 Å². The fraction of sp³-hybridized carbons (Fsp3) is 0.350. The summed E-state index contributed by atoms with van der Waals surface area (Å²) in [5, 5.41) is 2.94. The number of nitrogens with one attached hydrogen (secondary N) is 1. The van der Waals surface area contributed by atoms with Gasteiger partial charge in [0.05, 0.1) is 0 Å². The van der Waals surface area contributed by atoms with Gasteiger partial charge in [-0.2, -0.15) is 0 Å². The summed E-state index contributed by atoms with van der Waals surface area (Å²) in [6.45, 7) is 4.34. The number of urea groups is 1. The average molecular weight is 383 g/mol. The van der Waals surface area contributed by atoms with Crippen molar-refractivity contribution in [2.24, 2.45) is 0 Å². The van der Waals surface area contributed by atoms with E-state index in [2.05, 4.69) is 16.3 Å². The highest BCUT2D eigenvalue weighted by molar-refractivity contribution is 5.89. The first-order chi connectivity index (χ1) is 13.7. The van der Waals surface area contributed by atoms with Crippen molar-refractivity contribution < 1.29 is 23.7 Å². The first-order valence-corrected chi connectivity index (χ1v) is 9.31. The SMILES string of the molecule is O=C(Nc1ccc2c(c1)OCO2)N1CCN(Cc2ccc3c(c2)OCO3)CC1. The van der Waals surface area contributed by atoms with Crippen molar-refractivity contribution >= 4 is 11.7 Å². The summed E-state index contributed by atoms with van der Waals surface area (Å²) >= 11 is 0. The third-order valence-electron chi connectivity index (χ3n) is 5.13. The molecule has 2 aromatic rings. The summed E-state index contributed by atoms with van der Waals surface area (Å²) < 4.78 is 21.4. The zero-order valence-electron chi connectivity index (χ0n) is 15.3. The largest absolute Gasteiger partial charge is 0.454 e. The summed E-state index contributed by atoms with van der Waals surface area (Å²) in [6, 6.07) is 11.4. The Hall–Kier alpha value is -3.13. The van der Waals surface area contributed by atoms with Crippen molar-refractivity contribution in [1.82, 2.24) is 9.80 Å². The molecular weight excluding hydrogens is 362 g/mol. The van der Waals surface area contributed by atoms with Gasteiger partial charge in [0.1, 0.15) is 0 Å². The molecule has 0 radical (unpaired) electrons. The lowest BCUT2D eigenvalue weighted by atomic mass is 10.1. The van der Waals surface area contributed by atoms with Crippen molar-refractivity contribution in [3.63, 3.8) is 0 Å². The maximum Gasteiger partial charge on any atom is 0.321 e. The Morgan fingerprint density at radius 2 is 1.46 bits per heavy atom. The van der Waals surface area contributed by atoms with Gasteiger partial charge >= 0.3 is 6.03 Å². The highest BCUT2D eigenvalue weighted by Crippen LogP contribution is 2.34. The van der Waals surface area contributed by atoms with Crippen LogP contribution >= 0.6 is 0 Å². The van der Waals surface area contributed by atoms with Crippen LogP contribution in [-0.2, 0) is 6.54 Å². The monoisotopic (exact) mass is 383 g/mol. The second-order valence-corrected chi connectivity index (χ2v) is 6.95. The van der Waals surface area contributed by atoms with Crippen molar-refractivity contribution in [1.29, 1.82) is 0 Å². The van der Waals surface area contributed by atoms with Crippen LogP contribution in [0.3, 0.4) is 0 Å². The number of rotatable bonds is 3. The number of carbonyl (C=O) groups excluding carboxylic acids is 1. The molecule has 5 rings (SSSR count). The Balaban J connectivity index is 1.14. The predicted molar refractivity (Wildman–Crippen MR) is 101 cm³/mol. The van der Waals surface area contributed by atoms with E-state index in [4.69, 9.17) is 18.9 Å². The third kappa shape index (κ3) is 3.38. The van der Waals surface area contributed by atoms with Gasteiger partial charge in [-0.1, -0.05) is 6.07 Å². The second-order valence-electron chi connectivity index (χ2n) is 6.95. The molecule has 0 saturated carbocycles. The zero-order chi connectivity index (χ0) is 18.9. The molecule has 0 unspecified atom stereocenters. The number of carbonyl (C=O) groups is 1. The molecule has 1 saturated heterocycles. The van der Waals surface area contributed by atoms with Crippen LogP contribution in [0.1, 0.15) is 5.56 Å². The highest BCUT2D eigenvalue weighted by Gasteiger charge is 2.23. The van der Waals surface area contributed by atoms with Gasteiger partial charge in [-0.25, -0.2) is 4.79 Å². The standard InChI is InChI=1S/C20H21N3O5/c24-20(21-15-2-4-17-19(10-15)28-13-26-17)23-7-5-22(6-8-23)11-14-1-3-16-18(9-14)27-12-25-16/h1-4,9-10H,5-8,11-13H2,(H,21,24). The lowest BCUT2D eigenvalue weighted by Gasteiger charge is -2.34. The van der Waals surface area contributed by atoms with E-state index >= 15 is 0 Å². The first-order valence-electron chi connectivity index (χ1n) is 9.31. The number of fused-ring (bicyclic) bond motifs is 2. The van der Waals surface area contributed by atoms with E-state index in [9.17, 15) is 4.79 Å². The summed E-state index contributed by atoms with van der Waals surface area (Å²) in [7, 11) is 0. The van der Waals surface area contributed by atoms with Gasteiger partial charge in [-0.05, 0) is 29.8 Å². The minimum absolute atomic E-state index is 0.0957. The predicted octanol–water partition coefficient (Wildman–Crippen LogP) is 2.49. The van der Waals surface area contributed by atoms with Crippen LogP contribution in [0.2, 0.25) is 0 Å². The number of anilines is 1. The molecule has 0 aromatic heterocycles. The Morgan fingerprint density at radius 1 is 0.821 bits per heavy atom. The van der Waals surface area contributed by atoms with Crippen molar-refractivity contribution in [2.45, 2.75) is 6.54 Å². The molecule has 0 spiro atoms. The van der Waals surface area contributed by atoms with Gasteiger partial charge in [0.25, 0.3) is 0 Å². The van der Waals surface area contributed by atoms with Crippen LogP contribution in [0.15, 0.2) is 36.4 Å². The Morgan fingerprint density at radius 3 is 2.21 bits per heavy atom. The molecule has 0 bridgehead atoms. The van der Waals surface area contributed by atoms with Crippen LogP contribution < -0.4 is 24.3 Å². The van der Waals surface area contributed by atoms with Crippen molar-refractivity contribution in [2.75, 3.05) is 45.1 Å². The van der Waals surface area contributed by atoms with Gasteiger partial charge in [0.2, 0.25) is 13.6 Å².